The lowest BCUT2D eigenvalue weighted by Gasteiger charge is -2.31. The minimum atomic E-state index is -2.42. The van der Waals surface area contributed by atoms with E-state index in [1.807, 2.05) is 0 Å². The number of ether oxygens (including phenoxy) is 1. The third-order valence-corrected chi connectivity index (χ3v) is 7.65. The number of allylic oxidation sites excluding steroid dienone is 1. The average molecular weight is 629 g/mol. The van der Waals surface area contributed by atoms with Crippen molar-refractivity contribution in [1.29, 1.82) is 0 Å². The number of benzene rings is 1. The van der Waals surface area contributed by atoms with Crippen LogP contribution in [0.15, 0.2) is 36.4 Å². The Hall–Kier alpha value is -3.68. The summed E-state index contributed by atoms with van der Waals surface area (Å²) in [4.78, 5) is 49.7. The number of aliphatic hydroxyl groups excluding tert-OH is 1. The van der Waals surface area contributed by atoms with Gasteiger partial charge in [0.1, 0.15) is 24.2 Å². The van der Waals surface area contributed by atoms with E-state index in [0.717, 1.165) is 38.5 Å². The summed E-state index contributed by atoms with van der Waals surface area (Å²) in [6, 6.07) is 5.31. The minimum Gasteiger partial charge on any atom is -0.481 e. The molecule has 1 aromatic carbocycles. The molecule has 10 nitrogen and oxygen atoms in total. The van der Waals surface area contributed by atoms with Gasteiger partial charge in [-0.3, -0.25) is 14.4 Å². The Bertz CT molecular complexity index is 1140. The average Bonchev–Trinajstić information content (AvgIpc) is 3.00. The van der Waals surface area contributed by atoms with Crippen LogP contribution in [-0.2, 0) is 25.6 Å². The summed E-state index contributed by atoms with van der Waals surface area (Å²) in [6.07, 6.45) is 13.1. The van der Waals surface area contributed by atoms with Crippen molar-refractivity contribution in [2.24, 2.45) is 11.7 Å². The van der Waals surface area contributed by atoms with Gasteiger partial charge >= 0.3 is 5.97 Å². The summed E-state index contributed by atoms with van der Waals surface area (Å²) in [5, 5.41) is 32.8. The molecule has 0 aliphatic carbocycles. The first-order chi connectivity index (χ1) is 21.6. The first-order valence-corrected chi connectivity index (χ1v) is 16.0. The van der Waals surface area contributed by atoms with Gasteiger partial charge in [0.15, 0.2) is 5.60 Å². The van der Waals surface area contributed by atoms with E-state index in [1.54, 1.807) is 37.3 Å². The number of unbranched alkanes of at least 4 members (excludes halogenated alkanes) is 8. The summed E-state index contributed by atoms with van der Waals surface area (Å²) >= 11 is 0. The van der Waals surface area contributed by atoms with Crippen LogP contribution in [0.3, 0.4) is 0 Å². The molecule has 1 aromatic rings. The van der Waals surface area contributed by atoms with Crippen molar-refractivity contribution in [2.45, 2.75) is 115 Å². The maximum atomic E-state index is 13.3. The zero-order valence-electron chi connectivity index (χ0n) is 26.9. The van der Waals surface area contributed by atoms with Crippen LogP contribution < -0.4 is 15.8 Å². The zero-order chi connectivity index (χ0) is 33.5. The lowest BCUT2D eigenvalue weighted by Crippen LogP contribution is -2.57. The van der Waals surface area contributed by atoms with Gasteiger partial charge in [-0.1, -0.05) is 75.7 Å². The van der Waals surface area contributed by atoms with Gasteiger partial charge < -0.3 is 31.1 Å². The van der Waals surface area contributed by atoms with E-state index in [2.05, 4.69) is 24.1 Å². The molecule has 0 bridgehead atoms. The van der Waals surface area contributed by atoms with E-state index in [1.165, 1.54) is 25.3 Å². The fraction of sp³-hybridized carbons (Fsp3) is 0.600. The Labute approximate surface area is 267 Å². The molecule has 45 heavy (non-hydrogen) atoms. The van der Waals surface area contributed by atoms with Crippen LogP contribution in [0.1, 0.15) is 103 Å². The first kappa shape index (κ1) is 39.3. The number of carbonyl (C=O) groups is 4. The SMILES string of the molecule is CC#CCOc1ccc(C[C@H](NC(=O)[C@@H](/C=C/CCCCCCC(=O)CCCCCCC)[C@@](O)(CCO)C(N)=O)C(=O)O)cc1. The molecule has 0 saturated heterocycles. The predicted octanol–water partition coefficient (Wildman–Crippen LogP) is 4.24. The highest BCUT2D eigenvalue weighted by atomic mass is 16.5. The van der Waals surface area contributed by atoms with Crippen LogP contribution in [0.5, 0.6) is 5.75 Å². The highest BCUT2D eigenvalue weighted by Crippen LogP contribution is 2.25. The highest BCUT2D eigenvalue weighted by Gasteiger charge is 2.45. The van der Waals surface area contributed by atoms with Gasteiger partial charge in [-0.05, 0) is 50.3 Å². The molecule has 6 N–H and O–H groups in total. The van der Waals surface area contributed by atoms with Crippen LogP contribution in [0, 0.1) is 17.8 Å². The highest BCUT2D eigenvalue weighted by molar-refractivity contribution is 5.94. The largest absolute Gasteiger partial charge is 0.481 e. The fourth-order valence-corrected chi connectivity index (χ4v) is 4.90. The molecule has 0 saturated carbocycles. The van der Waals surface area contributed by atoms with Gasteiger partial charge in [-0.15, -0.1) is 5.92 Å². The quantitative estimate of drug-likeness (QED) is 0.0607. The van der Waals surface area contributed by atoms with E-state index in [0.29, 0.717) is 36.4 Å². The molecular formula is C35H52N2O8. The van der Waals surface area contributed by atoms with Gasteiger partial charge in [-0.25, -0.2) is 4.79 Å². The Balaban J connectivity index is 2.76. The standard InChI is InChI=1S/C35H52N2O8/c1-3-5-7-10-13-16-28(39)17-14-11-8-9-12-15-18-30(35(44,23-24-38)34(36)43)32(40)37-31(33(41)42)26-27-19-21-29(22-20-27)45-25-6-4-2/h15,18-22,30-31,38,44H,3,5,7-14,16-17,23-26H2,1-2H3,(H2,36,43)(H,37,40)(H,41,42)/b18-15+/t30-,31+,35+/m1/s1. The molecule has 250 valence electrons. The number of primary amides is 1. The van der Waals surface area contributed by atoms with Gasteiger partial charge in [0, 0.05) is 32.3 Å². The summed E-state index contributed by atoms with van der Waals surface area (Å²) in [6.45, 7) is 3.47. The Morgan fingerprint density at radius 1 is 1.00 bits per heavy atom. The second-order valence-electron chi connectivity index (χ2n) is 11.3. The van der Waals surface area contributed by atoms with Crippen LogP contribution >= 0.6 is 0 Å². The number of carbonyl (C=O) groups excluding carboxylic acids is 3. The molecule has 1 rings (SSSR count). The number of hydrogen-bond acceptors (Lipinski definition) is 7. The van der Waals surface area contributed by atoms with Crippen LogP contribution in [-0.4, -0.2) is 63.7 Å². The van der Waals surface area contributed by atoms with Crippen molar-refractivity contribution in [3.8, 4) is 17.6 Å². The summed E-state index contributed by atoms with van der Waals surface area (Å²) < 4.78 is 5.47. The number of aliphatic hydroxyl groups is 2. The van der Waals surface area contributed by atoms with E-state index >= 15 is 0 Å². The topological polar surface area (TPSA) is 176 Å². The molecule has 0 heterocycles. The third-order valence-electron chi connectivity index (χ3n) is 7.65. The lowest BCUT2D eigenvalue weighted by atomic mass is 9.82. The summed E-state index contributed by atoms with van der Waals surface area (Å²) in [5.41, 5.74) is 3.64. The number of carboxylic acids is 1. The molecule has 10 heteroatoms. The molecule has 0 radical (unpaired) electrons. The number of carboxylic acid groups (broad SMARTS) is 1. The molecule has 0 aliphatic rings. The van der Waals surface area contributed by atoms with E-state index in [4.69, 9.17) is 10.5 Å². The number of amides is 2. The van der Waals surface area contributed by atoms with Crippen molar-refractivity contribution in [3.05, 3.63) is 42.0 Å². The predicted molar refractivity (Wildman–Crippen MR) is 173 cm³/mol. The molecule has 0 aliphatic heterocycles. The fourth-order valence-electron chi connectivity index (χ4n) is 4.90. The van der Waals surface area contributed by atoms with Crippen molar-refractivity contribution in [2.75, 3.05) is 13.2 Å². The molecule has 0 fully saturated rings. The molecule has 0 aromatic heterocycles. The van der Waals surface area contributed by atoms with Gasteiger partial charge in [0.25, 0.3) is 5.91 Å². The number of rotatable bonds is 25. The second-order valence-corrected chi connectivity index (χ2v) is 11.3. The Morgan fingerprint density at radius 3 is 2.18 bits per heavy atom. The maximum Gasteiger partial charge on any atom is 0.326 e. The molecule has 0 unspecified atom stereocenters. The van der Waals surface area contributed by atoms with Crippen molar-refractivity contribution in [1.82, 2.24) is 5.32 Å². The summed E-state index contributed by atoms with van der Waals surface area (Å²) in [7, 11) is 0. The third kappa shape index (κ3) is 15.7. The van der Waals surface area contributed by atoms with E-state index in [-0.39, 0.29) is 13.0 Å². The van der Waals surface area contributed by atoms with Crippen molar-refractivity contribution >= 4 is 23.6 Å². The molecule has 3 atom stereocenters. The van der Waals surface area contributed by atoms with Crippen LogP contribution in [0.4, 0.5) is 0 Å². The molecular weight excluding hydrogens is 576 g/mol. The van der Waals surface area contributed by atoms with E-state index < -0.39 is 48.4 Å². The second kappa shape index (κ2) is 22.8. The number of aliphatic carboxylic acids is 1. The van der Waals surface area contributed by atoms with Gasteiger partial charge in [0.2, 0.25) is 5.91 Å². The minimum absolute atomic E-state index is 0.0666. The Morgan fingerprint density at radius 2 is 1.62 bits per heavy atom. The number of nitrogens with two attached hydrogens (primary N) is 1. The molecule has 0 spiro atoms. The van der Waals surface area contributed by atoms with Gasteiger partial charge in [-0.2, -0.15) is 0 Å². The van der Waals surface area contributed by atoms with Gasteiger partial charge in [0.05, 0.1) is 5.92 Å². The van der Waals surface area contributed by atoms with E-state index in [9.17, 15) is 34.5 Å². The van der Waals surface area contributed by atoms with Crippen LogP contribution in [0.2, 0.25) is 0 Å². The maximum absolute atomic E-state index is 13.3. The number of ketones is 1. The molecule has 2 amide bonds. The smallest absolute Gasteiger partial charge is 0.326 e. The lowest BCUT2D eigenvalue weighted by molar-refractivity contribution is -0.151. The van der Waals surface area contributed by atoms with Crippen molar-refractivity contribution in [3.63, 3.8) is 0 Å². The Kier molecular flexibility index (Phi) is 19.9. The first-order valence-electron chi connectivity index (χ1n) is 16.0. The monoisotopic (exact) mass is 628 g/mol. The van der Waals surface area contributed by atoms with Crippen LogP contribution in [0.25, 0.3) is 0 Å². The normalized spacial score (nSPS) is 13.7. The number of Topliss-reactive ketones (excluding diaryl/α,β-unsaturated/α-hetero) is 1. The van der Waals surface area contributed by atoms with Crippen molar-refractivity contribution < 1.29 is 39.2 Å². The number of nitrogens with one attached hydrogen (secondary N) is 1. The zero-order valence-corrected chi connectivity index (χ0v) is 26.9. The summed E-state index contributed by atoms with van der Waals surface area (Å²) in [5.74, 6) is 1.44. The number of hydrogen-bond donors (Lipinski definition) is 5.